The van der Waals surface area contributed by atoms with Crippen molar-refractivity contribution in [3.63, 3.8) is 0 Å². The lowest BCUT2D eigenvalue weighted by atomic mass is 10.7. The first-order valence-corrected chi connectivity index (χ1v) is 6.81. The van der Waals surface area contributed by atoms with Gasteiger partial charge in [0.1, 0.15) is 0 Å². The molecule has 0 amide bonds. The zero-order chi connectivity index (χ0) is 10.3. The number of carboxylic acid groups (broad SMARTS) is 1. The van der Waals surface area contributed by atoms with E-state index in [-0.39, 0.29) is 0 Å². The van der Waals surface area contributed by atoms with Gasteiger partial charge in [0.25, 0.3) is 5.59 Å². The SMILES string of the molecule is C=CC[Si](CC=C)(CC=C)C(=O)O. The number of rotatable bonds is 7. The van der Waals surface area contributed by atoms with Crippen molar-refractivity contribution in [3.8, 4) is 0 Å². The Morgan fingerprint density at radius 1 is 1.08 bits per heavy atom. The highest BCUT2D eigenvalue weighted by Gasteiger charge is 2.38. The van der Waals surface area contributed by atoms with Gasteiger partial charge in [0, 0.05) is 0 Å². The largest absolute Gasteiger partial charge is 0.486 e. The van der Waals surface area contributed by atoms with Crippen molar-refractivity contribution in [1.29, 1.82) is 0 Å². The molecule has 3 heteroatoms. The Morgan fingerprint density at radius 2 is 1.38 bits per heavy atom. The van der Waals surface area contributed by atoms with Gasteiger partial charge >= 0.3 is 0 Å². The van der Waals surface area contributed by atoms with Crippen LogP contribution < -0.4 is 0 Å². The summed E-state index contributed by atoms with van der Waals surface area (Å²) in [4.78, 5) is 11.1. The van der Waals surface area contributed by atoms with Gasteiger partial charge in [0.05, 0.1) is 0 Å². The topological polar surface area (TPSA) is 37.3 Å². The van der Waals surface area contributed by atoms with Crippen LogP contribution in [0.2, 0.25) is 18.1 Å². The molecule has 2 nitrogen and oxygen atoms in total. The van der Waals surface area contributed by atoms with Crippen LogP contribution in [-0.2, 0) is 0 Å². The smallest absolute Gasteiger partial charge is 0.270 e. The van der Waals surface area contributed by atoms with Crippen LogP contribution in [0, 0.1) is 0 Å². The molecule has 0 saturated heterocycles. The fourth-order valence-corrected chi connectivity index (χ4v) is 4.02. The Morgan fingerprint density at radius 3 is 1.54 bits per heavy atom. The Kier molecular flexibility index (Phi) is 5.07. The third-order valence-corrected chi connectivity index (χ3v) is 6.18. The van der Waals surface area contributed by atoms with E-state index < -0.39 is 13.7 Å². The lowest BCUT2D eigenvalue weighted by molar-refractivity contribution is 0.217. The van der Waals surface area contributed by atoms with Crippen LogP contribution in [0.1, 0.15) is 0 Å². The summed E-state index contributed by atoms with van der Waals surface area (Å²) in [6, 6.07) is 1.75. The normalized spacial score (nSPS) is 10.5. The van der Waals surface area contributed by atoms with Crippen LogP contribution in [0.5, 0.6) is 0 Å². The van der Waals surface area contributed by atoms with Crippen molar-refractivity contribution >= 4 is 13.7 Å². The monoisotopic (exact) mass is 196 g/mol. The molecule has 0 aliphatic rings. The van der Waals surface area contributed by atoms with Crippen LogP contribution in [-0.4, -0.2) is 18.8 Å². The molecule has 13 heavy (non-hydrogen) atoms. The van der Waals surface area contributed by atoms with Crippen LogP contribution in [0.4, 0.5) is 4.79 Å². The van der Waals surface area contributed by atoms with Gasteiger partial charge in [-0.25, -0.2) is 0 Å². The Labute approximate surface area is 80.3 Å². The summed E-state index contributed by atoms with van der Waals surface area (Å²) in [6.45, 7) is 10.8. The number of carbonyl (C=O) groups is 1. The van der Waals surface area contributed by atoms with Gasteiger partial charge in [-0.15, -0.1) is 19.7 Å². The molecule has 0 atom stereocenters. The summed E-state index contributed by atoms with van der Waals surface area (Å²) < 4.78 is 0. The first-order valence-electron chi connectivity index (χ1n) is 4.19. The molecule has 0 aliphatic carbocycles. The molecule has 0 saturated carbocycles. The van der Waals surface area contributed by atoms with E-state index in [0.29, 0.717) is 18.1 Å². The highest BCUT2D eigenvalue weighted by Crippen LogP contribution is 2.23. The maximum absolute atomic E-state index is 11.1. The summed E-state index contributed by atoms with van der Waals surface area (Å²) in [7, 11) is -2.31. The molecule has 0 aromatic rings. The number of hydrogen-bond acceptors (Lipinski definition) is 1. The summed E-state index contributed by atoms with van der Waals surface area (Å²) in [6.07, 6.45) is 5.06. The average molecular weight is 196 g/mol. The summed E-state index contributed by atoms with van der Waals surface area (Å²) in [5.41, 5.74) is -0.674. The van der Waals surface area contributed by atoms with Gasteiger partial charge in [0.15, 0.2) is 8.07 Å². The predicted molar refractivity (Wildman–Crippen MR) is 58.8 cm³/mol. The second-order valence-corrected chi connectivity index (χ2v) is 7.28. The van der Waals surface area contributed by atoms with E-state index >= 15 is 0 Å². The summed E-state index contributed by atoms with van der Waals surface area (Å²) >= 11 is 0. The van der Waals surface area contributed by atoms with E-state index in [1.165, 1.54) is 0 Å². The molecule has 0 spiro atoms. The molecule has 0 heterocycles. The lowest BCUT2D eigenvalue weighted by Crippen LogP contribution is -2.41. The van der Waals surface area contributed by atoms with E-state index in [4.69, 9.17) is 5.11 Å². The maximum Gasteiger partial charge on any atom is 0.270 e. The maximum atomic E-state index is 11.1. The van der Waals surface area contributed by atoms with E-state index in [9.17, 15) is 4.79 Å². The van der Waals surface area contributed by atoms with Crippen molar-refractivity contribution in [2.75, 3.05) is 0 Å². The Bertz CT molecular complexity index is 194. The first-order chi connectivity index (χ1) is 6.13. The molecule has 0 radical (unpaired) electrons. The minimum atomic E-state index is -2.31. The summed E-state index contributed by atoms with van der Waals surface area (Å²) in [5.74, 6) is 0. The summed E-state index contributed by atoms with van der Waals surface area (Å²) in [5, 5.41) is 9.14. The fourth-order valence-electron chi connectivity index (χ4n) is 1.34. The molecule has 0 bridgehead atoms. The Hall–Kier alpha value is -1.09. The second-order valence-electron chi connectivity index (χ2n) is 3.06. The van der Waals surface area contributed by atoms with Crippen molar-refractivity contribution in [2.45, 2.75) is 18.1 Å². The first kappa shape index (κ1) is 11.9. The molecule has 72 valence electrons. The van der Waals surface area contributed by atoms with Gasteiger partial charge in [-0.1, -0.05) is 18.2 Å². The van der Waals surface area contributed by atoms with Gasteiger partial charge in [-0.3, -0.25) is 4.79 Å². The molecule has 0 unspecified atom stereocenters. The molecule has 0 aliphatic heterocycles. The van der Waals surface area contributed by atoms with E-state index in [2.05, 4.69) is 19.7 Å². The molecular formula is C10H16O2Si. The number of allylic oxidation sites excluding steroid dienone is 3. The van der Waals surface area contributed by atoms with Crippen molar-refractivity contribution in [3.05, 3.63) is 38.0 Å². The second kappa shape index (κ2) is 5.53. The van der Waals surface area contributed by atoms with Gasteiger partial charge < -0.3 is 5.11 Å². The van der Waals surface area contributed by atoms with Crippen LogP contribution in [0.25, 0.3) is 0 Å². The van der Waals surface area contributed by atoms with Gasteiger partial charge in [-0.05, 0) is 18.1 Å². The molecule has 0 aromatic heterocycles. The zero-order valence-electron chi connectivity index (χ0n) is 7.83. The van der Waals surface area contributed by atoms with Crippen LogP contribution >= 0.6 is 0 Å². The third-order valence-electron chi connectivity index (χ3n) is 2.06. The highest BCUT2D eigenvalue weighted by atomic mass is 28.3. The number of hydrogen-bond donors (Lipinski definition) is 1. The predicted octanol–water partition coefficient (Wildman–Crippen LogP) is 3.25. The van der Waals surface area contributed by atoms with E-state index in [1.54, 1.807) is 18.2 Å². The third kappa shape index (κ3) is 3.03. The molecule has 0 aromatic carbocycles. The van der Waals surface area contributed by atoms with Crippen LogP contribution in [0.3, 0.4) is 0 Å². The minimum Gasteiger partial charge on any atom is -0.486 e. The molecule has 0 rings (SSSR count). The van der Waals surface area contributed by atoms with Crippen LogP contribution in [0.15, 0.2) is 38.0 Å². The van der Waals surface area contributed by atoms with E-state index in [0.717, 1.165) is 0 Å². The quantitative estimate of drug-likeness (QED) is 0.501. The standard InChI is InChI=1S/C10H16O2Si/c1-4-7-13(8-5-2,9-6-3)10(11)12/h4-6H,1-3,7-9H2,(H,11,12). The molecule has 0 fully saturated rings. The van der Waals surface area contributed by atoms with Crippen molar-refractivity contribution in [1.82, 2.24) is 0 Å². The fraction of sp³-hybridized carbons (Fsp3) is 0.300. The van der Waals surface area contributed by atoms with Crippen molar-refractivity contribution in [2.24, 2.45) is 0 Å². The van der Waals surface area contributed by atoms with Crippen molar-refractivity contribution < 1.29 is 9.90 Å². The highest BCUT2D eigenvalue weighted by molar-refractivity contribution is 7.05. The Balaban J connectivity index is 4.76. The lowest BCUT2D eigenvalue weighted by Gasteiger charge is -2.22. The van der Waals surface area contributed by atoms with E-state index in [1.807, 2.05) is 0 Å². The average Bonchev–Trinajstić information content (AvgIpc) is 2.05. The molecular weight excluding hydrogens is 180 g/mol. The molecule has 1 N–H and O–H groups in total. The van der Waals surface area contributed by atoms with Gasteiger partial charge in [-0.2, -0.15) is 0 Å². The minimum absolute atomic E-state index is 0.584. The zero-order valence-corrected chi connectivity index (χ0v) is 8.83. The van der Waals surface area contributed by atoms with Gasteiger partial charge in [0.2, 0.25) is 0 Å².